The predicted molar refractivity (Wildman–Crippen MR) is 69.0 cm³/mol. The Hall–Kier alpha value is -1.13. The lowest BCUT2D eigenvalue weighted by atomic mass is 10.1. The molecule has 1 atom stereocenters. The van der Waals surface area contributed by atoms with Crippen LogP contribution in [0.1, 0.15) is 12.0 Å². The molecule has 4 heteroatoms. The van der Waals surface area contributed by atoms with Crippen molar-refractivity contribution in [3.05, 3.63) is 23.9 Å². The Kier molecular flexibility index (Phi) is 4.34. The summed E-state index contributed by atoms with van der Waals surface area (Å²) in [7, 11) is 3.70. The van der Waals surface area contributed by atoms with E-state index >= 15 is 0 Å². The van der Waals surface area contributed by atoms with E-state index in [-0.39, 0.29) is 0 Å². The zero-order chi connectivity index (χ0) is 12.1. The molecule has 2 rings (SSSR count). The third kappa shape index (κ3) is 3.17. The second kappa shape index (κ2) is 5.98. The Morgan fingerprint density at radius 2 is 2.47 bits per heavy atom. The standard InChI is InChI=1S/C13H21N3O/c1-14-13-12(4-3-6-15-13)9-16-7-5-11(8-16)10-17-2/h3-4,6,11H,5,7-10H2,1-2H3,(H,14,15). The topological polar surface area (TPSA) is 37.4 Å². The molecular formula is C13H21N3O. The first kappa shape index (κ1) is 12.3. The number of hydrogen-bond acceptors (Lipinski definition) is 4. The Labute approximate surface area is 103 Å². The number of nitrogens with zero attached hydrogens (tertiary/aromatic N) is 2. The summed E-state index contributed by atoms with van der Waals surface area (Å²) in [6.45, 7) is 4.14. The zero-order valence-corrected chi connectivity index (χ0v) is 10.6. The van der Waals surface area contributed by atoms with E-state index in [2.05, 4.69) is 21.3 Å². The van der Waals surface area contributed by atoms with Gasteiger partial charge in [-0.1, -0.05) is 6.07 Å². The molecule has 0 aromatic carbocycles. The normalized spacial score (nSPS) is 20.7. The second-order valence-electron chi connectivity index (χ2n) is 4.61. The van der Waals surface area contributed by atoms with Gasteiger partial charge in [-0.3, -0.25) is 4.90 Å². The van der Waals surface area contributed by atoms with Crippen molar-refractivity contribution in [2.45, 2.75) is 13.0 Å². The number of methoxy groups -OCH3 is 1. The number of likely N-dealkylation sites (tertiary alicyclic amines) is 1. The molecule has 0 bridgehead atoms. The van der Waals surface area contributed by atoms with Crippen molar-refractivity contribution < 1.29 is 4.74 Å². The fourth-order valence-corrected chi connectivity index (χ4v) is 2.46. The molecule has 1 aromatic heterocycles. The highest BCUT2D eigenvalue weighted by molar-refractivity contribution is 5.42. The molecule has 0 aliphatic carbocycles. The van der Waals surface area contributed by atoms with Gasteiger partial charge >= 0.3 is 0 Å². The van der Waals surface area contributed by atoms with Crippen LogP contribution in [0.15, 0.2) is 18.3 Å². The summed E-state index contributed by atoms with van der Waals surface area (Å²) in [5, 5.41) is 3.14. The molecule has 94 valence electrons. The molecule has 0 radical (unpaired) electrons. The number of pyridine rings is 1. The maximum atomic E-state index is 5.22. The van der Waals surface area contributed by atoms with Gasteiger partial charge in [0, 0.05) is 39.0 Å². The van der Waals surface area contributed by atoms with Gasteiger partial charge in [-0.2, -0.15) is 0 Å². The molecule has 1 aromatic rings. The molecule has 0 spiro atoms. The van der Waals surface area contributed by atoms with Crippen molar-refractivity contribution >= 4 is 5.82 Å². The number of anilines is 1. The molecule has 1 N–H and O–H groups in total. The number of hydrogen-bond donors (Lipinski definition) is 1. The highest BCUT2D eigenvalue weighted by Crippen LogP contribution is 2.21. The van der Waals surface area contributed by atoms with Crippen LogP contribution < -0.4 is 5.32 Å². The molecular weight excluding hydrogens is 214 g/mol. The molecule has 1 unspecified atom stereocenters. The van der Waals surface area contributed by atoms with Crippen LogP contribution in [0.5, 0.6) is 0 Å². The van der Waals surface area contributed by atoms with Crippen LogP contribution in [-0.2, 0) is 11.3 Å². The molecule has 4 nitrogen and oxygen atoms in total. The van der Waals surface area contributed by atoms with Crippen LogP contribution in [0.3, 0.4) is 0 Å². The van der Waals surface area contributed by atoms with E-state index in [4.69, 9.17) is 4.74 Å². The van der Waals surface area contributed by atoms with E-state index in [1.54, 1.807) is 7.11 Å². The van der Waals surface area contributed by atoms with Crippen LogP contribution in [0, 0.1) is 5.92 Å². The maximum absolute atomic E-state index is 5.22. The summed E-state index contributed by atoms with van der Waals surface area (Å²) < 4.78 is 5.22. The molecule has 1 fully saturated rings. The first-order valence-corrected chi connectivity index (χ1v) is 6.16. The van der Waals surface area contributed by atoms with Crippen LogP contribution in [0.2, 0.25) is 0 Å². The van der Waals surface area contributed by atoms with Crippen LogP contribution in [-0.4, -0.2) is 43.7 Å². The summed E-state index contributed by atoms with van der Waals surface area (Å²) in [4.78, 5) is 6.81. The number of ether oxygens (including phenoxy) is 1. The van der Waals surface area contributed by atoms with Gasteiger partial charge in [-0.15, -0.1) is 0 Å². The molecule has 2 heterocycles. The maximum Gasteiger partial charge on any atom is 0.130 e. The number of nitrogens with one attached hydrogen (secondary N) is 1. The Balaban J connectivity index is 1.93. The minimum absolute atomic E-state index is 0.690. The third-order valence-corrected chi connectivity index (χ3v) is 3.29. The van der Waals surface area contributed by atoms with Gasteiger partial charge in [-0.25, -0.2) is 4.98 Å². The average Bonchev–Trinajstić information content (AvgIpc) is 2.78. The Morgan fingerprint density at radius 1 is 1.59 bits per heavy atom. The van der Waals surface area contributed by atoms with E-state index in [9.17, 15) is 0 Å². The highest BCUT2D eigenvalue weighted by atomic mass is 16.5. The quantitative estimate of drug-likeness (QED) is 0.841. The fraction of sp³-hybridized carbons (Fsp3) is 0.615. The molecule has 1 aliphatic rings. The summed E-state index contributed by atoms with van der Waals surface area (Å²) in [6, 6.07) is 4.14. The van der Waals surface area contributed by atoms with Crippen LogP contribution in [0.4, 0.5) is 5.82 Å². The average molecular weight is 235 g/mol. The molecule has 17 heavy (non-hydrogen) atoms. The third-order valence-electron chi connectivity index (χ3n) is 3.29. The second-order valence-corrected chi connectivity index (χ2v) is 4.61. The summed E-state index contributed by atoms with van der Waals surface area (Å²) >= 11 is 0. The van der Waals surface area contributed by atoms with Gasteiger partial charge in [0.1, 0.15) is 5.82 Å². The predicted octanol–water partition coefficient (Wildman–Crippen LogP) is 1.59. The van der Waals surface area contributed by atoms with Crippen LogP contribution in [0.25, 0.3) is 0 Å². The van der Waals surface area contributed by atoms with Crippen molar-refractivity contribution in [2.24, 2.45) is 5.92 Å². The van der Waals surface area contributed by atoms with E-state index in [0.717, 1.165) is 32.1 Å². The van der Waals surface area contributed by atoms with Crippen LogP contribution >= 0.6 is 0 Å². The highest BCUT2D eigenvalue weighted by Gasteiger charge is 2.22. The lowest BCUT2D eigenvalue weighted by Gasteiger charge is -2.17. The number of aromatic nitrogens is 1. The minimum Gasteiger partial charge on any atom is -0.384 e. The van der Waals surface area contributed by atoms with Gasteiger partial charge in [-0.05, 0) is 24.9 Å². The van der Waals surface area contributed by atoms with Gasteiger partial charge in [0.05, 0.1) is 6.61 Å². The first-order valence-electron chi connectivity index (χ1n) is 6.16. The van der Waals surface area contributed by atoms with E-state index in [0.29, 0.717) is 5.92 Å². The molecule has 1 aliphatic heterocycles. The van der Waals surface area contributed by atoms with Gasteiger partial charge in [0.25, 0.3) is 0 Å². The van der Waals surface area contributed by atoms with E-state index in [1.165, 1.54) is 12.0 Å². The summed E-state index contributed by atoms with van der Waals surface area (Å²) in [5.74, 6) is 1.68. The zero-order valence-electron chi connectivity index (χ0n) is 10.6. The van der Waals surface area contributed by atoms with Crippen molar-refractivity contribution in [3.8, 4) is 0 Å². The van der Waals surface area contributed by atoms with Crippen molar-refractivity contribution in [2.75, 3.05) is 39.2 Å². The van der Waals surface area contributed by atoms with E-state index < -0.39 is 0 Å². The van der Waals surface area contributed by atoms with Gasteiger partial charge in [0.15, 0.2) is 0 Å². The molecule has 0 amide bonds. The largest absolute Gasteiger partial charge is 0.384 e. The van der Waals surface area contributed by atoms with Gasteiger partial charge < -0.3 is 10.1 Å². The van der Waals surface area contributed by atoms with Crippen molar-refractivity contribution in [3.63, 3.8) is 0 Å². The lowest BCUT2D eigenvalue weighted by Crippen LogP contribution is -2.22. The summed E-state index contributed by atoms with van der Waals surface area (Å²) in [6.07, 6.45) is 3.07. The smallest absolute Gasteiger partial charge is 0.130 e. The SMILES string of the molecule is CNc1ncccc1CN1CCC(COC)C1. The Bertz CT molecular complexity index is 356. The van der Waals surface area contributed by atoms with Gasteiger partial charge in [0.2, 0.25) is 0 Å². The Morgan fingerprint density at radius 3 is 3.24 bits per heavy atom. The molecule has 0 saturated carbocycles. The molecule has 1 saturated heterocycles. The fourth-order valence-electron chi connectivity index (χ4n) is 2.46. The van der Waals surface area contributed by atoms with Crippen molar-refractivity contribution in [1.82, 2.24) is 9.88 Å². The minimum atomic E-state index is 0.690. The lowest BCUT2D eigenvalue weighted by molar-refractivity contribution is 0.152. The van der Waals surface area contributed by atoms with Crippen molar-refractivity contribution in [1.29, 1.82) is 0 Å². The summed E-state index contributed by atoms with van der Waals surface area (Å²) in [5.41, 5.74) is 1.27. The first-order chi connectivity index (χ1) is 8.33. The monoisotopic (exact) mass is 235 g/mol. The number of rotatable bonds is 5. The van der Waals surface area contributed by atoms with E-state index in [1.807, 2.05) is 19.3 Å².